The Labute approximate surface area is 148 Å². The molecule has 0 saturated carbocycles. The molecule has 25 heavy (non-hydrogen) atoms. The summed E-state index contributed by atoms with van der Waals surface area (Å²) >= 11 is 5.87. The second kappa shape index (κ2) is 8.06. The molecule has 9 nitrogen and oxygen atoms in total. The maximum Gasteiger partial charge on any atom is 0.360 e. The quantitative estimate of drug-likeness (QED) is 0.406. The van der Waals surface area contributed by atoms with Crippen molar-refractivity contribution in [1.82, 2.24) is 10.2 Å². The molecule has 1 aromatic heterocycles. The summed E-state index contributed by atoms with van der Waals surface area (Å²) < 4.78 is 10.1. The van der Waals surface area contributed by atoms with Gasteiger partial charge in [0.15, 0.2) is 16.6 Å². The number of nitrogens with two attached hydrogens (primary N) is 1. The van der Waals surface area contributed by atoms with E-state index < -0.39 is 5.97 Å². The van der Waals surface area contributed by atoms with Crippen molar-refractivity contribution in [3.8, 4) is 5.75 Å². The minimum atomic E-state index is -0.674. The van der Waals surface area contributed by atoms with Crippen molar-refractivity contribution in [2.75, 3.05) is 19.5 Å². The summed E-state index contributed by atoms with van der Waals surface area (Å²) in [5.74, 6) is -0.199. The first-order valence-corrected chi connectivity index (χ1v) is 7.27. The molecule has 0 aliphatic carbocycles. The molecule has 4 N–H and O–H groups in total. The van der Waals surface area contributed by atoms with Crippen LogP contribution in [0.5, 0.6) is 5.75 Å². The van der Waals surface area contributed by atoms with Gasteiger partial charge >= 0.3 is 5.97 Å². The third kappa shape index (κ3) is 4.01. The number of ether oxygens (including phenoxy) is 2. The summed E-state index contributed by atoms with van der Waals surface area (Å²) in [6.07, 6.45) is 0.830. The highest BCUT2D eigenvalue weighted by Gasteiger charge is 2.18. The first-order chi connectivity index (χ1) is 12.0. The standard InChI is InChI=1S/C15H15ClN6O3/c1-24-13-8(14(18)19-7-17)4-3-5-9(13)20-10-6-11(16)21-22-12(10)15(23)25-2/h3-7H,1-2H3,(H,20,21)(H3,17,18,19). The van der Waals surface area contributed by atoms with E-state index in [4.69, 9.17) is 27.5 Å². The topological polar surface area (TPSA) is 136 Å². The summed E-state index contributed by atoms with van der Waals surface area (Å²) in [6.45, 7) is 0. The highest BCUT2D eigenvalue weighted by molar-refractivity contribution is 6.29. The van der Waals surface area contributed by atoms with Crippen LogP contribution in [0.15, 0.2) is 29.3 Å². The van der Waals surface area contributed by atoms with Gasteiger partial charge in [0.05, 0.1) is 31.2 Å². The number of hydrogen-bond donors (Lipinski definition) is 3. The Morgan fingerprint density at radius 2 is 2.12 bits per heavy atom. The Bertz CT molecular complexity index is 840. The van der Waals surface area contributed by atoms with E-state index in [9.17, 15) is 4.79 Å². The number of rotatable bonds is 6. The van der Waals surface area contributed by atoms with Crippen LogP contribution in [0.1, 0.15) is 16.1 Å². The summed E-state index contributed by atoms with van der Waals surface area (Å²) in [5, 5.41) is 17.5. The Morgan fingerprint density at radius 3 is 2.76 bits per heavy atom. The number of halogens is 1. The number of aliphatic imine (C=N–C) groups is 1. The van der Waals surface area contributed by atoms with E-state index >= 15 is 0 Å². The molecule has 0 atom stereocenters. The lowest BCUT2D eigenvalue weighted by atomic mass is 10.1. The number of carbonyl (C=O) groups is 1. The molecule has 130 valence electrons. The van der Waals surface area contributed by atoms with Crippen LogP contribution in [-0.2, 0) is 4.74 Å². The highest BCUT2D eigenvalue weighted by Crippen LogP contribution is 2.32. The molecule has 10 heteroatoms. The Balaban J connectivity index is 2.53. The molecule has 2 rings (SSSR count). The molecule has 0 unspecified atom stereocenters. The number of aromatic nitrogens is 2. The van der Waals surface area contributed by atoms with Crippen molar-refractivity contribution < 1.29 is 14.3 Å². The third-order valence-corrected chi connectivity index (χ3v) is 3.30. The Hall–Kier alpha value is -3.20. The average molecular weight is 363 g/mol. The molecule has 1 heterocycles. The molecular formula is C15H15ClN6O3. The second-order valence-corrected chi connectivity index (χ2v) is 4.96. The van der Waals surface area contributed by atoms with E-state index in [-0.39, 0.29) is 22.4 Å². The molecule has 0 saturated heterocycles. The van der Waals surface area contributed by atoms with Crippen LogP contribution in [0.25, 0.3) is 0 Å². The lowest BCUT2D eigenvalue weighted by Crippen LogP contribution is -2.16. The second-order valence-electron chi connectivity index (χ2n) is 4.58. The fraction of sp³-hybridized carbons (Fsp3) is 0.133. The predicted octanol–water partition coefficient (Wildman–Crippen LogP) is 1.98. The summed E-state index contributed by atoms with van der Waals surface area (Å²) in [6, 6.07) is 6.53. The minimum absolute atomic E-state index is 0.0412. The number of anilines is 2. The molecule has 0 aliphatic heterocycles. The molecule has 0 bridgehead atoms. The number of nitrogens with one attached hydrogen (secondary N) is 2. The van der Waals surface area contributed by atoms with Crippen molar-refractivity contribution >= 4 is 41.1 Å². The number of carbonyl (C=O) groups excluding carboxylic acids is 1. The van der Waals surface area contributed by atoms with Gasteiger partial charge in [-0.3, -0.25) is 5.41 Å². The summed E-state index contributed by atoms with van der Waals surface area (Å²) in [5.41, 5.74) is 7.04. The van der Waals surface area contributed by atoms with Gasteiger partial charge in [-0.05, 0) is 12.1 Å². The zero-order chi connectivity index (χ0) is 18.4. The number of hydrogen-bond acceptors (Lipinski definition) is 7. The van der Waals surface area contributed by atoms with Crippen molar-refractivity contribution in [1.29, 1.82) is 5.41 Å². The molecule has 0 amide bonds. The van der Waals surface area contributed by atoms with Gasteiger partial charge in [0.25, 0.3) is 0 Å². The van der Waals surface area contributed by atoms with E-state index in [0.29, 0.717) is 17.0 Å². The van der Waals surface area contributed by atoms with E-state index in [1.807, 2.05) is 0 Å². The zero-order valence-electron chi connectivity index (χ0n) is 13.4. The monoisotopic (exact) mass is 362 g/mol. The summed E-state index contributed by atoms with van der Waals surface area (Å²) in [4.78, 5) is 15.6. The largest absolute Gasteiger partial charge is 0.494 e. The van der Waals surface area contributed by atoms with Crippen LogP contribution in [-0.4, -0.2) is 42.6 Å². The van der Waals surface area contributed by atoms with Crippen LogP contribution in [0.4, 0.5) is 11.4 Å². The molecule has 2 aromatic rings. The van der Waals surface area contributed by atoms with Crippen molar-refractivity contribution in [3.05, 3.63) is 40.7 Å². The number of esters is 1. The first-order valence-electron chi connectivity index (χ1n) is 6.90. The molecule has 1 aromatic carbocycles. The number of amidine groups is 1. The lowest BCUT2D eigenvalue weighted by molar-refractivity contribution is 0.0594. The smallest absolute Gasteiger partial charge is 0.360 e. The van der Waals surface area contributed by atoms with E-state index in [1.54, 1.807) is 18.2 Å². The van der Waals surface area contributed by atoms with Crippen LogP contribution in [0.2, 0.25) is 5.15 Å². The normalized spacial score (nSPS) is 10.9. The van der Waals surface area contributed by atoms with Crippen LogP contribution >= 0.6 is 11.6 Å². The molecular weight excluding hydrogens is 348 g/mol. The Kier molecular flexibility index (Phi) is 5.85. The maximum absolute atomic E-state index is 11.8. The first kappa shape index (κ1) is 18.1. The van der Waals surface area contributed by atoms with Crippen LogP contribution in [0.3, 0.4) is 0 Å². The van der Waals surface area contributed by atoms with Gasteiger partial charge in [-0.25, -0.2) is 9.79 Å². The van der Waals surface area contributed by atoms with Crippen LogP contribution in [0, 0.1) is 5.41 Å². The van der Waals surface area contributed by atoms with Gasteiger partial charge in [-0.15, -0.1) is 10.2 Å². The SMILES string of the molecule is COC(=O)c1nnc(Cl)cc1Nc1cccc(C(N)=NC=N)c1OC. The van der Waals surface area contributed by atoms with Gasteiger partial charge in [-0.2, -0.15) is 0 Å². The van der Waals surface area contributed by atoms with Crippen molar-refractivity contribution in [3.63, 3.8) is 0 Å². The maximum atomic E-state index is 11.8. The number of nitrogens with zero attached hydrogens (tertiary/aromatic N) is 3. The van der Waals surface area contributed by atoms with E-state index in [2.05, 4.69) is 25.2 Å². The highest BCUT2D eigenvalue weighted by atomic mass is 35.5. The Morgan fingerprint density at radius 1 is 1.36 bits per heavy atom. The minimum Gasteiger partial charge on any atom is -0.494 e. The molecule has 0 aliphatic rings. The molecule has 0 spiro atoms. The van der Waals surface area contributed by atoms with Crippen molar-refractivity contribution in [2.24, 2.45) is 10.7 Å². The fourth-order valence-electron chi connectivity index (χ4n) is 2.05. The van der Waals surface area contributed by atoms with Gasteiger partial charge in [-0.1, -0.05) is 17.7 Å². The van der Waals surface area contributed by atoms with E-state index in [1.165, 1.54) is 20.3 Å². The van der Waals surface area contributed by atoms with Gasteiger partial charge in [0.1, 0.15) is 12.2 Å². The average Bonchev–Trinajstić information content (AvgIpc) is 2.61. The third-order valence-electron chi connectivity index (χ3n) is 3.11. The molecule has 0 fully saturated rings. The van der Waals surface area contributed by atoms with Gasteiger partial charge in [0.2, 0.25) is 0 Å². The van der Waals surface area contributed by atoms with Gasteiger partial charge < -0.3 is 20.5 Å². The number of para-hydroxylation sites is 1. The zero-order valence-corrected chi connectivity index (χ0v) is 14.2. The van der Waals surface area contributed by atoms with Gasteiger partial charge in [0, 0.05) is 6.07 Å². The predicted molar refractivity (Wildman–Crippen MR) is 94.2 cm³/mol. The van der Waals surface area contributed by atoms with Crippen molar-refractivity contribution in [2.45, 2.75) is 0 Å². The number of benzene rings is 1. The lowest BCUT2D eigenvalue weighted by Gasteiger charge is -2.15. The van der Waals surface area contributed by atoms with E-state index in [0.717, 1.165) is 6.34 Å². The fourth-order valence-corrected chi connectivity index (χ4v) is 2.20. The number of methoxy groups -OCH3 is 2. The molecule has 0 radical (unpaired) electrons. The summed E-state index contributed by atoms with van der Waals surface area (Å²) in [7, 11) is 2.69. The van der Waals surface area contributed by atoms with Crippen LogP contribution < -0.4 is 15.8 Å².